The second-order valence-electron chi connectivity index (χ2n) is 4.59. The summed E-state index contributed by atoms with van der Waals surface area (Å²) in [5.41, 5.74) is 8.45. The summed E-state index contributed by atoms with van der Waals surface area (Å²) in [6.07, 6.45) is -0.158. The van der Waals surface area contributed by atoms with E-state index in [0.29, 0.717) is 6.61 Å². The molecule has 0 saturated heterocycles. The zero-order valence-corrected chi connectivity index (χ0v) is 12.0. The fourth-order valence-corrected chi connectivity index (χ4v) is 2.26. The maximum absolute atomic E-state index is 6.34. The third-order valence-corrected chi connectivity index (χ3v) is 3.28. The van der Waals surface area contributed by atoms with Gasteiger partial charge in [-0.25, -0.2) is 0 Å². The number of hydrogen-bond donors (Lipinski definition) is 1. The van der Waals surface area contributed by atoms with Crippen molar-refractivity contribution in [1.82, 2.24) is 0 Å². The largest absolute Gasteiger partial charge is 0.494 e. The topological polar surface area (TPSA) is 44.5 Å². The molecule has 106 valence electrons. The summed E-state index contributed by atoms with van der Waals surface area (Å²) in [7, 11) is 1.69. The van der Waals surface area contributed by atoms with Gasteiger partial charge in [0.25, 0.3) is 0 Å². The molecule has 0 amide bonds. The molecular formula is C17H21NO2. The van der Waals surface area contributed by atoms with Crippen LogP contribution in [-0.2, 0) is 4.74 Å². The molecule has 2 rings (SSSR count). The summed E-state index contributed by atoms with van der Waals surface area (Å²) in [5.74, 6) is 0.858. The molecule has 0 radical (unpaired) electrons. The lowest BCUT2D eigenvalue weighted by molar-refractivity contribution is 0.0801. The molecule has 2 atom stereocenters. The van der Waals surface area contributed by atoms with Gasteiger partial charge in [0.05, 0.1) is 12.6 Å². The van der Waals surface area contributed by atoms with Crippen molar-refractivity contribution in [2.45, 2.75) is 19.1 Å². The molecule has 3 nitrogen and oxygen atoms in total. The van der Waals surface area contributed by atoms with Gasteiger partial charge in [0.2, 0.25) is 0 Å². The van der Waals surface area contributed by atoms with Gasteiger partial charge in [-0.1, -0.05) is 42.5 Å². The highest BCUT2D eigenvalue weighted by Crippen LogP contribution is 2.30. The molecule has 0 aromatic heterocycles. The normalized spacial score (nSPS) is 13.8. The lowest BCUT2D eigenvalue weighted by Crippen LogP contribution is -2.21. The summed E-state index contributed by atoms with van der Waals surface area (Å²) in [5, 5.41) is 0. The van der Waals surface area contributed by atoms with Crippen LogP contribution in [0.1, 0.15) is 30.2 Å². The van der Waals surface area contributed by atoms with Gasteiger partial charge in [-0.05, 0) is 30.2 Å². The van der Waals surface area contributed by atoms with E-state index in [1.54, 1.807) is 7.11 Å². The van der Waals surface area contributed by atoms with Gasteiger partial charge in [0.1, 0.15) is 11.9 Å². The molecule has 0 fully saturated rings. The Kier molecular flexibility index (Phi) is 5.16. The summed E-state index contributed by atoms with van der Waals surface area (Å²) in [6.45, 7) is 2.63. The summed E-state index contributed by atoms with van der Waals surface area (Å²) >= 11 is 0. The molecule has 2 aromatic rings. The predicted molar refractivity (Wildman–Crippen MR) is 80.7 cm³/mol. The van der Waals surface area contributed by atoms with Crippen molar-refractivity contribution < 1.29 is 9.47 Å². The van der Waals surface area contributed by atoms with E-state index in [4.69, 9.17) is 15.2 Å². The molecule has 0 bridgehead atoms. The van der Waals surface area contributed by atoms with Crippen LogP contribution >= 0.6 is 0 Å². The van der Waals surface area contributed by atoms with Crippen LogP contribution in [0.15, 0.2) is 54.6 Å². The third kappa shape index (κ3) is 3.38. The number of nitrogens with two attached hydrogens (primary N) is 1. The highest BCUT2D eigenvalue weighted by Gasteiger charge is 2.20. The Labute approximate surface area is 120 Å². The first-order valence-electron chi connectivity index (χ1n) is 6.82. The predicted octanol–water partition coefficient (Wildman–Crippen LogP) is 3.47. The Morgan fingerprint density at radius 1 is 0.950 bits per heavy atom. The lowest BCUT2D eigenvalue weighted by atomic mass is 9.96. The van der Waals surface area contributed by atoms with Crippen molar-refractivity contribution in [3.05, 3.63) is 65.7 Å². The molecular weight excluding hydrogens is 250 g/mol. The van der Waals surface area contributed by atoms with Crippen molar-refractivity contribution in [2.75, 3.05) is 13.7 Å². The average molecular weight is 271 g/mol. The van der Waals surface area contributed by atoms with Crippen molar-refractivity contribution in [3.63, 3.8) is 0 Å². The van der Waals surface area contributed by atoms with Crippen LogP contribution in [0, 0.1) is 0 Å². The SMILES string of the molecule is CCOc1ccc(C(N)C(OC)c2ccccc2)cc1. The van der Waals surface area contributed by atoms with E-state index in [9.17, 15) is 0 Å². The Morgan fingerprint density at radius 3 is 2.15 bits per heavy atom. The van der Waals surface area contributed by atoms with Crippen LogP contribution in [0.25, 0.3) is 0 Å². The van der Waals surface area contributed by atoms with Gasteiger partial charge in [-0.15, -0.1) is 0 Å². The number of benzene rings is 2. The van der Waals surface area contributed by atoms with Crippen LogP contribution in [0.4, 0.5) is 0 Å². The molecule has 3 heteroatoms. The van der Waals surface area contributed by atoms with Gasteiger partial charge in [0.15, 0.2) is 0 Å². The second-order valence-corrected chi connectivity index (χ2v) is 4.59. The van der Waals surface area contributed by atoms with Crippen molar-refractivity contribution in [1.29, 1.82) is 0 Å². The van der Waals surface area contributed by atoms with Crippen LogP contribution in [0.5, 0.6) is 5.75 Å². The first kappa shape index (κ1) is 14.6. The minimum Gasteiger partial charge on any atom is -0.494 e. The zero-order valence-electron chi connectivity index (χ0n) is 12.0. The molecule has 2 unspecified atom stereocenters. The monoisotopic (exact) mass is 271 g/mol. The minimum atomic E-state index is -0.210. The Morgan fingerprint density at radius 2 is 1.60 bits per heavy atom. The van der Waals surface area contributed by atoms with Crippen LogP contribution in [-0.4, -0.2) is 13.7 Å². The summed E-state index contributed by atoms with van der Waals surface area (Å²) in [4.78, 5) is 0. The molecule has 0 aliphatic carbocycles. The van der Waals surface area contributed by atoms with Gasteiger partial charge < -0.3 is 15.2 Å². The van der Waals surface area contributed by atoms with E-state index in [1.165, 1.54) is 0 Å². The number of rotatable bonds is 6. The van der Waals surface area contributed by atoms with E-state index < -0.39 is 0 Å². The molecule has 2 N–H and O–H groups in total. The second kappa shape index (κ2) is 7.08. The van der Waals surface area contributed by atoms with E-state index in [0.717, 1.165) is 16.9 Å². The molecule has 20 heavy (non-hydrogen) atoms. The van der Waals surface area contributed by atoms with Gasteiger partial charge in [-0.3, -0.25) is 0 Å². The van der Waals surface area contributed by atoms with Gasteiger partial charge in [0, 0.05) is 7.11 Å². The molecule has 0 heterocycles. The summed E-state index contributed by atoms with van der Waals surface area (Å²) in [6, 6.07) is 17.7. The third-order valence-electron chi connectivity index (χ3n) is 3.28. The Bertz CT molecular complexity index is 510. The van der Waals surface area contributed by atoms with Crippen LogP contribution in [0.2, 0.25) is 0 Å². The maximum Gasteiger partial charge on any atom is 0.119 e. The van der Waals surface area contributed by atoms with Crippen molar-refractivity contribution in [3.8, 4) is 5.75 Å². The first-order valence-corrected chi connectivity index (χ1v) is 6.82. The fourth-order valence-electron chi connectivity index (χ4n) is 2.26. The van der Waals surface area contributed by atoms with Gasteiger partial charge in [-0.2, -0.15) is 0 Å². The quantitative estimate of drug-likeness (QED) is 0.875. The van der Waals surface area contributed by atoms with E-state index in [2.05, 4.69) is 0 Å². The first-order chi connectivity index (χ1) is 9.76. The van der Waals surface area contributed by atoms with Crippen molar-refractivity contribution in [2.24, 2.45) is 5.73 Å². The van der Waals surface area contributed by atoms with Crippen LogP contribution in [0.3, 0.4) is 0 Å². The number of ether oxygens (including phenoxy) is 2. The fraction of sp³-hybridized carbons (Fsp3) is 0.294. The molecule has 2 aromatic carbocycles. The highest BCUT2D eigenvalue weighted by atomic mass is 16.5. The van der Waals surface area contributed by atoms with Crippen LogP contribution < -0.4 is 10.5 Å². The number of methoxy groups -OCH3 is 1. The van der Waals surface area contributed by atoms with E-state index >= 15 is 0 Å². The van der Waals surface area contributed by atoms with Gasteiger partial charge >= 0.3 is 0 Å². The minimum absolute atomic E-state index is 0.158. The lowest BCUT2D eigenvalue weighted by Gasteiger charge is -2.23. The smallest absolute Gasteiger partial charge is 0.119 e. The highest BCUT2D eigenvalue weighted by molar-refractivity contribution is 5.31. The summed E-state index contributed by atoms with van der Waals surface area (Å²) < 4.78 is 11.0. The number of hydrogen-bond acceptors (Lipinski definition) is 3. The van der Waals surface area contributed by atoms with E-state index in [-0.39, 0.29) is 12.1 Å². The average Bonchev–Trinajstić information content (AvgIpc) is 2.50. The van der Waals surface area contributed by atoms with Crippen molar-refractivity contribution >= 4 is 0 Å². The zero-order chi connectivity index (χ0) is 14.4. The standard InChI is InChI=1S/C17H21NO2/c1-3-20-15-11-9-13(10-12-15)16(18)17(19-2)14-7-5-4-6-8-14/h4-12,16-17H,3,18H2,1-2H3. The Hall–Kier alpha value is -1.84. The van der Waals surface area contributed by atoms with E-state index in [1.807, 2.05) is 61.5 Å². The Balaban J connectivity index is 2.18. The molecule has 0 spiro atoms. The maximum atomic E-state index is 6.34. The molecule has 0 aliphatic heterocycles. The molecule has 0 saturated carbocycles. The molecule has 0 aliphatic rings.